The van der Waals surface area contributed by atoms with Gasteiger partial charge in [0.1, 0.15) is 24.2 Å². The number of amides is 4. The number of aliphatic carboxylic acids is 2. The van der Waals surface area contributed by atoms with E-state index in [0.717, 1.165) is 0 Å². The zero-order valence-corrected chi connectivity index (χ0v) is 24.0. The van der Waals surface area contributed by atoms with Crippen LogP contribution in [0.15, 0.2) is 0 Å². The third kappa shape index (κ3) is 15.6. The van der Waals surface area contributed by atoms with E-state index >= 15 is 0 Å². The van der Waals surface area contributed by atoms with E-state index in [1.54, 1.807) is 0 Å². The molecule has 0 bridgehead atoms. The lowest BCUT2D eigenvalue weighted by Crippen LogP contribution is -2.58. The number of unbranched alkanes of at least 4 members (excludes halogenated alkanes) is 2. The Morgan fingerprint density at radius 2 is 1.18 bits per heavy atom. The Kier molecular flexibility index (Phi) is 19.3. The summed E-state index contributed by atoms with van der Waals surface area (Å²) in [6, 6.07) is -5.81. The van der Waals surface area contributed by atoms with E-state index in [0.29, 0.717) is 50.9 Å². The second-order valence-corrected chi connectivity index (χ2v) is 10.3. The van der Waals surface area contributed by atoms with Crippen molar-refractivity contribution in [1.29, 1.82) is 0 Å². The summed E-state index contributed by atoms with van der Waals surface area (Å²) in [5.74, 6) is -5.05. The summed E-state index contributed by atoms with van der Waals surface area (Å²) in [4.78, 5) is 73.4. The van der Waals surface area contributed by atoms with Gasteiger partial charge >= 0.3 is 11.9 Å². The average molecular weight is 592 g/mol. The van der Waals surface area contributed by atoms with E-state index < -0.39 is 72.2 Å². The average Bonchev–Trinajstić information content (AvgIpc) is 2.89. The van der Waals surface area contributed by atoms with E-state index in [-0.39, 0.29) is 12.8 Å². The molecule has 15 nitrogen and oxygen atoms in total. The van der Waals surface area contributed by atoms with Gasteiger partial charge in [-0.25, -0.2) is 4.79 Å². The summed E-state index contributed by atoms with van der Waals surface area (Å²) in [7, 11) is 0. The van der Waals surface area contributed by atoms with Crippen molar-refractivity contribution in [2.75, 3.05) is 25.1 Å². The molecule has 0 spiro atoms. The van der Waals surface area contributed by atoms with Gasteiger partial charge in [0.15, 0.2) is 0 Å². The first-order valence-corrected chi connectivity index (χ1v) is 14.6. The molecule has 0 saturated carbocycles. The molecule has 0 aliphatic rings. The minimum Gasteiger partial charge on any atom is -0.481 e. The Bertz CT molecular complexity index is 848. The Balaban J connectivity index is 5.54. The van der Waals surface area contributed by atoms with Crippen LogP contribution in [0.4, 0.5) is 0 Å². The molecule has 0 aliphatic carbocycles. The highest BCUT2D eigenvalue weighted by molar-refractivity contribution is 7.98. The molecule has 0 aliphatic heterocycles. The zero-order valence-electron chi connectivity index (χ0n) is 23.1. The van der Waals surface area contributed by atoms with Gasteiger partial charge < -0.3 is 48.7 Å². The number of thioether (sulfide) groups is 1. The monoisotopic (exact) mass is 591 g/mol. The number of nitrogens with one attached hydrogen (secondary N) is 4. The van der Waals surface area contributed by atoms with Crippen LogP contribution in [0.5, 0.6) is 0 Å². The van der Waals surface area contributed by atoms with Crippen LogP contribution >= 0.6 is 11.8 Å². The zero-order chi connectivity index (χ0) is 30.7. The van der Waals surface area contributed by atoms with Crippen molar-refractivity contribution in [3.05, 3.63) is 0 Å². The van der Waals surface area contributed by atoms with Crippen molar-refractivity contribution >= 4 is 47.3 Å². The highest BCUT2D eigenvalue weighted by atomic mass is 32.2. The predicted octanol–water partition coefficient (Wildman–Crippen LogP) is -2.16. The van der Waals surface area contributed by atoms with Crippen LogP contribution in [0.25, 0.3) is 0 Å². The van der Waals surface area contributed by atoms with Crippen molar-refractivity contribution < 1.29 is 39.0 Å². The molecule has 5 unspecified atom stereocenters. The molecule has 0 heterocycles. The second kappa shape index (κ2) is 20.9. The van der Waals surface area contributed by atoms with Crippen molar-refractivity contribution in [2.24, 2.45) is 17.2 Å². The minimum atomic E-state index is -1.69. The molecule has 230 valence electrons. The first kappa shape index (κ1) is 37.0. The summed E-state index contributed by atoms with van der Waals surface area (Å²) >= 11 is 1.53. The van der Waals surface area contributed by atoms with E-state index in [2.05, 4.69) is 21.3 Å². The van der Waals surface area contributed by atoms with Gasteiger partial charge in [0.05, 0.1) is 12.5 Å². The number of rotatable bonds is 22. The van der Waals surface area contributed by atoms with Gasteiger partial charge in [-0.2, -0.15) is 11.8 Å². The van der Waals surface area contributed by atoms with E-state index in [9.17, 15) is 28.8 Å². The minimum absolute atomic E-state index is 0.177. The lowest BCUT2D eigenvalue weighted by atomic mass is 10.0. The number of hydrogen-bond donors (Lipinski definition) is 9. The number of carbonyl (C=O) groups is 6. The molecule has 0 aromatic rings. The summed E-state index contributed by atoms with van der Waals surface area (Å²) in [5.41, 5.74) is 17.0. The number of hydrogen-bond acceptors (Lipinski definition) is 10. The number of carbonyl (C=O) groups excluding carboxylic acids is 4. The molecule has 0 radical (unpaired) electrons. The van der Waals surface area contributed by atoms with Gasteiger partial charge in [0, 0.05) is 0 Å². The lowest BCUT2D eigenvalue weighted by molar-refractivity contribution is -0.147. The molecule has 5 atom stereocenters. The summed E-state index contributed by atoms with van der Waals surface area (Å²) in [6.07, 6.45) is 4.08. The maximum atomic E-state index is 13.2. The molecule has 12 N–H and O–H groups in total. The van der Waals surface area contributed by atoms with Crippen molar-refractivity contribution in [3.63, 3.8) is 0 Å². The number of carboxylic acids is 2. The van der Waals surface area contributed by atoms with Crippen LogP contribution in [0, 0.1) is 0 Å². The maximum absolute atomic E-state index is 13.2. The highest BCUT2D eigenvalue weighted by Crippen LogP contribution is 2.07. The quantitative estimate of drug-likeness (QED) is 0.0609. The Morgan fingerprint density at radius 1 is 0.700 bits per heavy atom. The van der Waals surface area contributed by atoms with Crippen molar-refractivity contribution in [1.82, 2.24) is 21.3 Å². The van der Waals surface area contributed by atoms with Crippen molar-refractivity contribution in [3.8, 4) is 0 Å². The summed E-state index contributed by atoms with van der Waals surface area (Å²) in [6.45, 7) is 2.04. The fourth-order valence-corrected chi connectivity index (χ4v) is 3.99. The fraction of sp³-hybridized carbons (Fsp3) is 0.750. The van der Waals surface area contributed by atoms with Crippen LogP contribution in [0.2, 0.25) is 0 Å². The van der Waals surface area contributed by atoms with E-state index in [1.807, 2.05) is 6.26 Å². The van der Waals surface area contributed by atoms with E-state index in [1.165, 1.54) is 18.7 Å². The summed E-state index contributed by atoms with van der Waals surface area (Å²) in [5, 5.41) is 27.8. The molecule has 4 amide bonds. The smallest absolute Gasteiger partial charge is 0.326 e. The Morgan fingerprint density at radius 3 is 1.62 bits per heavy atom. The topological polar surface area (TPSA) is 269 Å². The van der Waals surface area contributed by atoms with Gasteiger partial charge in [-0.05, 0) is 77.0 Å². The lowest BCUT2D eigenvalue weighted by Gasteiger charge is -2.25. The maximum Gasteiger partial charge on any atom is 0.326 e. The molecule has 16 heteroatoms. The van der Waals surface area contributed by atoms with Crippen LogP contribution in [0.1, 0.15) is 58.3 Å². The third-order valence-electron chi connectivity index (χ3n) is 5.87. The van der Waals surface area contributed by atoms with E-state index in [4.69, 9.17) is 27.4 Å². The molecule has 40 heavy (non-hydrogen) atoms. The standard InChI is InChI=1S/C24H45N7O8S/c1-14(20(34)31-18(24(38)39)13-19(32)33)28-22(36)16(7-3-5-10-25)30-23(37)17(8-4-6-11-26)29-21(35)15(27)9-12-40-2/h14-18H,3-13,25-27H2,1-2H3,(H,28,36)(H,29,35)(H,30,37)(H,31,34)(H,32,33)(H,38,39). The second-order valence-electron chi connectivity index (χ2n) is 9.31. The van der Waals surface area contributed by atoms with Crippen LogP contribution < -0.4 is 38.5 Å². The van der Waals surface area contributed by atoms with Crippen LogP contribution in [0.3, 0.4) is 0 Å². The molecule has 0 fully saturated rings. The van der Waals surface area contributed by atoms with Crippen molar-refractivity contribution in [2.45, 2.75) is 88.5 Å². The van der Waals surface area contributed by atoms with Gasteiger partial charge in [-0.3, -0.25) is 24.0 Å². The van der Waals surface area contributed by atoms with Gasteiger partial charge in [0.2, 0.25) is 23.6 Å². The van der Waals surface area contributed by atoms with Crippen LogP contribution in [-0.4, -0.2) is 101 Å². The third-order valence-corrected chi connectivity index (χ3v) is 6.52. The number of nitrogens with two attached hydrogens (primary N) is 3. The SMILES string of the molecule is CSCCC(N)C(=O)NC(CCCCN)C(=O)NC(CCCCN)C(=O)NC(C)C(=O)NC(CC(=O)O)C(=O)O. The first-order valence-electron chi connectivity index (χ1n) is 13.2. The Hall–Kier alpha value is -2.95. The Labute approximate surface area is 238 Å². The molecular weight excluding hydrogens is 546 g/mol. The van der Waals surface area contributed by atoms with Gasteiger partial charge in [-0.1, -0.05) is 0 Å². The molecule has 0 aromatic carbocycles. The highest BCUT2D eigenvalue weighted by Gasteiger charge is 2.30. The molecular formula is C24H45N7O8S. The largest absolute Gasteiger partial charge is 0.481 e. The summed E-state index contributed by atoms with van der Waals surface area (Å²) < 4.78 is 0. The normalized spacial score (nSPS) is 14.6. The molecule has 0 rings (SSSR count). The molecule has 0 saturated heterocycles. The fourth-order valence-electron chi connectivity index (χ4n) is 3.50. The number of carboxylic acid groups (broad SMARTS) is 2. The first-order chi connectivity index (χ1) is 18.9. The molecule has 0 aromatic heterocycles. The van der Waals surface area contributed by atoms with Gasteiger partial charge in [0.25, 0.3) is 0 Å². The van der Waals surface area contributed by atoms with Crippen LogP contribution in [-0.2, 0) is 28.8 Å². The predicted molar refractivity (Wildman–Crippen MR) is 150 cm³/mol. The van der Waals surface area contributed by atoms with Gasteiger partial charge in [-0.15, -0.1) is 0 Å².